The van der Waals surface area contributed by atoms with Crippen LogP contribution in [0, 0.1) is 18.8 Å². The Morgan fingerprint density at radius 2 is 2.13 bits per heavy atom. The monoisotopic (exact) mass is 209 g/mol. The molecule has 80 valence electrons. The zero-order valence-corrected chi connectivity index (χ0v) is 8.25. The molecule has 3 rings (SSSR count). The normalized spacial score (nSPS) is 32.9. The lowest BCUT2D eigenvalue weighted by Crippen LogP contribution is -2.29. The number of piperidine rings is 1. The van der Waals surface area contributed by atoms with Crippen LogP contribution < -0.4 is 0 Å². The van der Waals surface area contributed by atoms with E-state index in [0.29, 0.717) is 42.6 Å². The van der Waals surface area contributed by atoms with Crippen molar-refractivity contribution in [2.75, 3.05) is 13.1 Å². The van der Waals surface area contributed by atoms with E-state index >= 15 is 0 Å². The molecule has 15 heavy (non-hydrogen) atoms. The van der Waals surface area contributed by atoms with Crippen LogP contribution in [0.1, 0.15) is 17.7 Å². The second kappa shape index (κ2) is 2.71. The van der Waals surface area contributed by atoms with Gasteiger partial charge in [0.2, 0.25) is 11.8 Å². The maximum absolute atomic E-state index is 10.7. The minimum absolute atomic E-state index is 0.293. The zero-order valence-electron chi connectivity index (χ0n) is 8.25. The average molecular weight is 209 g/mol. The molecule has 1 saturated carbocycles. The van der Waals surface area contributed by atoms with E-state index in [4.69, 9.17) is 9.52 Å². The summed E-state index contributed by atoms with van der Waals surface area (Å²) in [5, 5.41) is 16.5. The van der Waals surface area contributed by atoms with Gasteiger partial charge >= 0.3 is 6.09 Å². The summed E-state index contributed by atoms with van der Waals surface area (Å²) >= 11 is 0. The Labute approximate surface area is 85.9 Å². The van der Waals surface area contributed by atoms with Gasteiger partial charge in [-0.2, -0.15) is 0 Å². The van der Waals surface area contributed by atoms with Crippen molar-refractivity contribution >= 4 is 6.09 Å². The standard InChI is InChI=1S/C9H11N3O3/c1-4-10-11-8(15-4)7-5-2-12(9(13)14)3-6(5)7/h5-7H,2-3H2,1H3,(H,13,14)/t5-,6+,7+. The molecule has 6 heteroatoms. The van der Waals surface area contributed by atoms with Gasteiger partial charge in [-0.05, 0) is 11.8 Å². The molecule has 0 unspecified atom stereocenters. The largest absolute Gasteiger partial charge is 0.465 e. The SMILES string of the molecule is Cc1nnc([C@H]2[C@@H]3CN(C(=O)O)C[C@@H]32)o1. The van der Waals surface area contributed by atoms with E-state index in [1.54, 1.807) is 6.92 Å². The second-order valence-corrected chi connectivity index (χ2v) is 4.20. The van der Waals surface area contributed by atoms with Crippen molar-refractivity contribution in [3.63, 3.8) is 0 Å². The Kier molecular flexibility index (Phi) is 1.57. The van der Waals surface area contributed by atoms with Gasteiger partial charge in [-0.25, -0.2) is 4.79 Å². The number of likely N-dealkylation sites (tertiary alicyclic amines) is 1. The predicted molar refractivity (Wildman–Crippen MR) is 48.4 cm³/mol. The molecule has 1 saturated heterocycles. The van der Waals surface area contributed by atoms with Crippen molar-refractivity contribution in [3.8, 4) is 0 Å². The van der Waals surface area contributed by atoms with Crippen LogP contribution in [0.2, 0.25) is 0 Å². The van der Waals surface area contributed by atoms with Crippen molar-refractivity contribution in [3.05, 3.63) is 11.8 Å². The number of amides is 1. The molecule has 1 aromatic heterocycles. The summed E-state index contributed by atoms with van der Waals surface area (Å²) in [6, 6.07) is 0. The number of fused-ring (bicyclic) bond motifs is 1. The van der Waals surface area contributed by atoms with Crippen molar-refractivity contribution in [1.82, 2.24) is 15.1 Å². The highest BCUT2D eigenvalue weighted by molar-refractivity contribution is 5.66. The van der Waals surface area contributed by atoms with E-state index in [2.05, 4.69) is 10.2 Å². The van der Waals surface area contributed by atoms with E-state index in [1.807, 2.05) is 0 Å². The molecular formula is C9H11N3O3. The van der Waals surface area contributed by atoms with Gasteiger partial charge < -0.3 is 14.4 Å². The number of rotatable bonds is 1. The third kappa shape index (κ3) is 1.20. The summed E-state index contributed by atoms with van der Waals surface area (Å²) in [7, 11) is 0. The van der Waals surface area contributed by atoms with Crippen LogP contribution in [-0.4, -0.2) is 39.4 Å². The summed E-state index contributed by atoms with van der Waals surface area (Å²) in [5.41, 5.74) is 0. The molecule has 0 radical (unpaired) electrons. The van der Waals surface area contributed by atoms with Gasteiger partial charge in [-0.1, -0.05) is 0 Å². The predicted octanol–water partition coefficient (Wildman–Crippen LogP) is 0.701. The highest BCUT2D eigenvalue weighted by Gasteiger charge is 2.59. The molecule has 1 aliphatic carbocycles. The van der Waals surface area contributed by atoms with E-state index in [-0.39, 0.29) is 0 Å². The van der Waals surface area contributed by atoms with Gasteiger partial charge in [0.15, 0.2) is 0 Å². The highest BCUT2D eigenvalue weighted by atomic mass is 16.4. The van der Waals surface area contributed by atoms with Crippen LogP contribution in [0.15, 0.2) is 4.42 Å². The molecule has 1 aromatic rings. The Morgan fingerprint density at radius 3 is 2.60 bits per heavy atom. The summed E-state index contributed by atoms with van der Waals surface area (Å²) in [6.07, 6.45) is -0.831. The topological polar surface area (TPSA) is 79.5 Å². The summed E-state index contributed by atoms with van der Waals surface area (Å²) in [6.45, 7) is 2.97. The Hall–Kier alpha value is -1.59. The fourth-order valence-electron chi connectivity index (χ4n) is 2.50. The molecule has 6 nitrogen and oxygen atoms in total. The third-order valence-corrected chi connectivity index (χ3v) is 3.29. The molecule has 1 aliphatic heterocycles. The molecule has 2 fully saturated rings. The van der Waals surface area contributed by atoms with Crippen molar-refractivity contribution < 1.29 is 14.3 Å². The van der Waals surface area contributed by atoms with Gasteiger partial charge in [0, 0.05) is 25.9 Å². The lowest BCUT2D eigenvalue weighted by molar-refractivity contribution is 0.149. The quantitative estimate of drug-likeness (QED) is 0.736. The number of nitrogens with zero attached hydrogens (tertiary/aromatic N) is 3. The highest BCUT2D eigenvalue weighted by Crippen LogP contribution is 2.57. The molecule has 3 atom stereocenters. The number of aromatic nitrogens is 2. The lowest BCUT2D eigenvalue weighted by Gasteiger charge is -2.14. The van der Waals surface area contributed by atoms with Crippen molar-refractivity contribution in [1.29, 1.82) is 0 Å². The zero-order chi connectivity index (χ0) is 10.6. The minimum Gasteiger partial charge on any atom is -0.465 e. The van der Waals surface area contributed by atoms with Crippen LogP contribution in [-0.2, 0) is 0 Å². The number of hydrogen-bond donors (Lipinski definition) is 1. The summed E-state index contributed by atoms with van der Waals surface area (Å²) in [4.78, 5) is 12.1. The minimum atomic E-state index is -0.831. The van der Waals surface area contributed by atoms with Crippen LogP contribution in [0.5, 0.6) is 0 Å². The Balaban J connectivity index is 1.70. The third-order valence-electron chi connectivity index (χ3n) is 3.29. The van der Waals surface area contributed by atoms with Gasteiger partial charge in [0.05, 0.1) is 0 Å². The maximum Gasteiger partial charge on any atom is 0.407 e. The Morgan fingerprint density at radius 1 is 1.47 bits per heavy atom. The fourth-order valence-corrected chi connectivity index (χ4v) is 2.50. The first kappa shape index (κ1) is 8.70. The smallest absolute Gasteiger partial charge is 0.407 e. The van der Waals surface area contributed by atoms with Gasteiger partial charge in [-0.3, -0.25) is 0 Å². The molecule has 2 heterocycles. The molecule has 2 aliphatic rings. The van der Waals surface area contributed by atoms with Crippen LogP contribution in [0.3, 0.4) is 0 Å². The van der Waals surface area contributed by atoms with Crippen LogP contribution >= 0.6 is 0 Å². The Bertz CT molecular complexity index is 404. The second-order valence-electron chi connectivity index (χ2n) is 4.20. The van der Waals surface area contributed by atoms with Crippen LogP contribution in [0.4, 0.5) is 4.79 Å². The van der Waals surface area contributed by atoms with Gasteiger partial charge in [0.1, 0.15) is 0 Å². The van der Waals surface area contributed by atoms with Crippen LogP contribution in [0.25, 0.3) is 0 Å². The molecule has 0 bridgehead atoms. The number of carboxylic acid groups (broad SMARTS) is 1. The van der Waals surface area contributed by atoms with Crippen molar-refractivity contribution in [2.45, 2.75) is 12.8 Å². The van der Waals surface area contributed by atoms with E-state index in [1.165, 1.54) is 4.90 Å². The summed E-state index contributed by atoms with van der Waals surface area (Å²) < 4.78 is 5.35. The first-order valence-corrected chi connectivity index (χ1v) is 4.94. The van der Waals surface area contributed by atoms with Crippen molar-refractivity contribution in [2.24, 2.45) is 11.8 Å². The van der Waals surface area contributed by atoms with Gasteiger partial charge in [0.25, 0.3) is 0 Å². The molecule has 0 aromatic carbocycles. The number of aryl methyl sites for hydroxylation is 1. The molecule has 0 spiro atoms. The first-order valence-electron chi connectivity index (χ1n) is 4.94. The number of carbonyl (C=O) groups is 1. The maximum atomic E-state index is 10.7. The first-order chi connectivity index (χ1) is 7.16. The summed E-state index contributed by atoms with van der Waals surface area (Å²) in [5.74, 6) is 2.32. The lowest BCUT2D eigenvalue weighted by atomic mass is 10.3. The number of hydrogen-bond acceptors (Lipinski definition) is 4. The molecule has 1 amide bonds. The average Bonchev–Trinajstić information content (AvgIpc) is 2.62. The van der Waals surface area contributed by atoms with Gasteiger partial charge in [-0.15, -0.1) is 10.2 Å². The van der Waals surface area contributed by atoms with E-state index < -0.39 is 6.09 Å². The molecular weight excluding hydrogens is 198 g/mol. The van der Waals surface area contributed by atoms with E-state index in [0.717, 1.165) is 0 Å². The van der Waals surface area contributed by atoms with E-state index in [9.17, 15) is 4.79 Å². The fraction of sp³-hybridized carbons (Fsp3) is 0.667. The molecule has 1 N–H and O–H groups in total.